The fourth-order valence-electron chi connectivity index (χ4n) is 6.77. The van der Waals surface area contributed by atoms with Crippen LogP contribution in [0.4, 0.5) is 0 Å². The second-order valence-electron chi connectivity index (χ2n) is 14.3. The predicted molar refractivity (Wildman–Crippen MR) is 221 cm³/mol. The van der Waals surface area contributed by atoms with Gasteiger partial charge < -0.3 is 37.9 Å². The van der Waals surface area contributed by atoms with Gasteiger partial charge in [0.15, 0.2) is 17.6 Å². The number of phenolic OH excluding ortho intramolecular Hbond substituents is 1. The SMILES string of the molecule is CCCCCC(=O)Oc1cc(O)cc2oc(-c3ccc(O[C@H]4O[C@H](C)[C@@H](OC(=O)c5ccccc5)[C@H](OC(=O)c5ccccc5)[C@@H]4OC(=O)c4ccccc4)cc3)cc(=O)c12. The lowest BCUT2D eigenvalue weighted by Gasteiger charge is -2.43. The van der Waals surface area contributed by atoms with E-state index in [9.17, 15) is 29.1 Å². The van der Waals surface area contributed by atoms with Crippen molar-refractivity contribution < 1.29 is 57.1 Å². The molecule has 1 aliphatic rings. The molecule has 1 aromatic heterocycles. The number of hydrogen-bond acceptors (Lipinski definition) is 13. The Kier molecular flexibility index (Phi) is 13.2. The molecule has 0 unspecified atom stereocenters. The number of hydrogen-bond donors (Lipinski definition) is 1. The molecule has 5 atom stereocenters. The lowest BCUT2D eigenvalue weighted by molar-refractivity contribution is -0.266. The third-order valence-corrected chi connectivity index (χ3v) is 9.86. The molecule has 7 rings (SSSR count). The van der Waals surface area contributed by atoms with Crippen molar-refractivity contribution in [1.82, 2.24) is 0 Å². The number of carbonyl (C=O) groups excluding carboxylic acids is 4. The molecule has 0 saturated carbocycles. The third kappa shape index (κ3) is 10.1. The zero-order valence-electron chi connectivity index (χ0n) is 33.3. The van der Waals surface area contributed by atoms with Gasteiger partial charge in [-0.2, -0.15) is 0 Å². The van der Waals surface area contributed by atoms with Crippen LogP contribution in [0.3, 0.4) is 0 Å². The van der Waals surface area contributed by atoms with Crippen LogP contribution >= 0.6 is 0 Å². The van der Waals surface area contributed by atoms with Crippen LogP contribution in [0.25, 0.3) is 22.3 Å². The largest absolute Gasteiger partial charge is 0.508 e. The normalized spacial score (nSPS) is 18.4. The Morgan fingerprint density at radius 1 is 0.656 bits per heavy atom. The van der Waals surface area contributed by atoms with Crippen LogP contribution < -0.4 is 14.9 Å². The second kappa shape index (κ2) is 19.2. The highest BCUT2D eigenvalue weighted by atomic mass is 16.7. The Hall–Kier alpha value is -7.25. The highest BCUT2D eigenvalue weighted by Crippen LogP contribution is 2.35. The topological polar surface area (TPSA) is 174 Å². The van der Waals surface area contributed by atoms with Crippen LogP contribution in [0, 0.1) is 0 Å². The van der Waals surface area contributed by atoms with E-state index in [1.807, 2.05) is 6.92 Å². The van der Waals surface area contributed by atoms with Crippen molar-refractivity contribution in [2.45, 2.75) is 70.2 Å². The Bertz CT molecular complexity index is 2540. The van der Waals surface area contributed by atoms with E-state index >= 15 is 0 Å². The van der Waals surface area contributed by atoms with E-state index in [1.54, 1.807) is 122 Å². The van der Waals surface area contributed by atoms with Gasteiger partial charge in [-0.25, -0.2) is 14.4 Å². The van der Waals surface area contributed by atoms with Crippen LogP contribution in [-0.2, 0) is 23.7 Å². The summed E-state index contributed by atoms with van der Waals surface area (Å²) in [7, 11) is 0. The molecule has 13 nitrogen and oxygen atoms in total. The molecule has 2 heterocycles. The molecule has 1 saturated heterocycles. The van der Waals surface area contributed by atoms with Crippen LogP contribution in [0.2, 0.25) is 0 Å². The Morgan fingerprint density at radius 2 is 1.20 bits per heavy atom. The molecular formula is C48H42O13. The lowest BCUT2D eigenvalue weighted by Crippen LogP contribution is -2.62. The van der Waals surface area contributed by atoms with Crippen molar-refractivity contribution in [3.8, 4) is 28.6 Å². The lowest BCUT2D eigenvalue weighted by atomic mass is 9.98. The molecule has 1 fully saturated rings. The van der Waals surface area contributed by atoms with E-state index in [1.165, 1.54) is 18.2 Å². The van der Waals surface area contributed by atoms with Crippen LogP contribution in [-0.4, -0.2) is 59.7 Å². The minimum absolute atomic E-state index is 0.000255. The zero-order chi connectivity index (χ0) is 42.9. The summed E-state index contributed by atoms with van der Waals surface area (Å²) in [6, 6.07) is 34.6. The summed E-state index contributed by atoms with van der Waals surface area (Å²) in [5, 5.41) is 10.4. The van der Waals surface area contributed by atoms with Gasteiger partial charge in [0, 0.05) is 30.2 Å². The average Bonchev–Trinajstić information content (AvgIpc) is 3.26. The summed E-state index contributed by atoms with van der Waals surface area (Å²) >= 11 is 0. The molecule has 5 aromatic carbocycles. The van der Waals surface area contributed by atoms with Gasteiger partial charge in [-0.3, -0.25) is 9.59 Å². The first-order valence-corrected chi connectivity index (χ1v) is 19.8. The van der Waals surface area contributed by atoms with Crippen molar-refractivity contribution in [1.29, 1.82) is 0 Å². The number of fused-ring (bicyclic) bond motifs is 1. The Morgan fingerprint density at radius 3 is 1.75 bits per heavy atom. The summed E-state index contributed by atoms with van der Waals surface area (Å²) in [5.74, 6) is -2.82. The van der Waals surface area contributed by atoms with Gasteiger partial charge >= 0.3 is 23.9 Å². The average molecular weight is 827 g/mol. The quantitative estimate of drug-likeness (QED) is 0.0480. The molecule has 0 bridgehead atoms. The zero-order valence-corrected chi connectivity index (χ0v) is 33.3. The number of rotatable bonds is 14. The summed E-state index contributed by atoms with van der Waals surface area (Å²) in [6.45, 7) is 3.62. The molecule has 0 amide bonds. The Balaban J connectivity index is 1.19. The van der Waals surface area contributed by atoms with Crippen molar-refractivity contribution in [3.05, 3.63) is 160 Å². The highest BCUT2D eigenvalue weighted by molar-refractivity contribution is 5.92. The second-order valence-corrected chi connectivity index (χ2v) is 14.3. The van der Waals surface area contributed by atoms with Gasteiger partial charge in [-0.1, -0.05) is 74.4 Å². The number of aromatic hydroxyl groups is 1. The fourth-order valence-corrected chi connectivity index (χ4v) is 6.77. The number of ether oxygens (including phenoxy) is 6. The van der Waals surface area contributed by atoms with Crippen molar-refractivity contribution in [2.24, 2.45) is 0 Å². The third-order valence-electron chi connectivity index (χ3n) is 9.86. The first-order valence-electron chi connectivity index (χ1n) is 19.8. The smallest absolute Gasteiger partial charge is 0.338 e. The summed E-state index contributed by atoms with van der Waals surface area (Å²) in [6.07, 6.45) is -3.99. The molecule has 0 radical (unpaired) electrons. The van der Waals surface area contributed by atoms with E-state index < -0.39 is 60.0 Å². The van der Waals surface area contributed by atoms with E-state index in [0.29, 0.717) is 12.0 Å². The van der Waals surface area contributed by atoms with Gasteiger partial charge in [0.1, 0.15) is 34.0 Å². The van der Waals surface area contributed by atoms with Crippen molar-refractivity contribution in [3.63, 3.8) is 0 Å². The molecular weight excluding hydrogens is 785 g/mol. The van der Waals surface area contributed by atoms with E-state index in [4.69, 9.17) is 32.8 Å². The molecule has 0 aliphatic carbocycles. The van der Waals surface area contributed by atoms with Gasteiger partial charge in [0.05, 0.1) is 22.8 Å². The minimum Gasteiger partial charge on any atom is -0.508 e. The van der Waals surface area contributed by atoms with E-state index in [2.05, 4.69) is 0 Å². The van der Waals surface area contributed by atoms with Gasteiger partial charge in [0.2, 0.25) is 12.4 Å². The number of phenols is 1. The summed E-state index contributed by atoms with van der Waals surface area (Å²) in [4.78, 5) is 66.6. The maximum atomic E-state index is 13.7. The summed E-state index contributed by atoms with van der Waals surface area (Å²) in [5.41, 5.74) is 0.577. The molecule has 13 heteroatoms. The summed E-state index contributed by atoms with van der Waals surface area (Å²) < 4.78 is 42.1. The standard InChI is InChI=1S/C48H42O13/c1-3-4-8-21-40(51)58-39-27-34(49)26-38-41(39)36(50)28-37(57-38)30-22-24-35(25-23-30)56-48-44(61-47(54)33-19-13-7-14-20-33)43(60-46(53)32-17-11-6-12-18-32)42(29(2)55-48)59-45(52)31-15-9-5-10-16-31/h5-7,9-20,22-29,42-44,48-49H,3-4,8,21H2,1-2H3/t29-,42-,43+,44+,48-/m1/s1. The number of carbonyl (C=O) groups is 4. The molecule has 0 spiro atoms. The maximum Gasteiger partial charge on any atom is 0.338 e. The van der Waals surface area contributed by atoms with Gasteiger partial charge in [0.25, 0.3) is 0 Å². The first-order chi connectivity index (χ1) is 29.6. The maximum absolute atomic E-state index is 13.7. The molecule has 1 N–H and O–H groups in total. The van der Waals surface area contributed by atoms with Crippen molar-refractivity contribution in [2.75, 3.05) is 0 Å². The monoisotopic (exact) mass is 826 g/mol. The van der Waals surface area contributed by atoms with Crippen molar-refractivity contribution >= 4 is 34.8 Å². The van der Waals surface area contributed by atoms with E-state index in [-0.39, 0.29) is 57.1 Å². The molecule has 1 aliphatic heterocycles. The first kappa shape index (κ1) is 41.9. The fraction of sp³-hybridized carbons (Fsp3) is 0.229. The molecule has 6 aromatic rings. The van der Waals surface area contributed by atoms with Crippen LogP contribution in [0.15, 0.2) is 143 Å². The van der Waals surface area contributed by atoms with Crippen LogP contribution in [0.1, 0.15) is 70.6 Å². The minimum atomic E-state index is -1.48. The van der Waals surface area contributed by atoms with Crippen LogP contribution in [0.5, 0.6) is 17.2 Å². The molecule has 312 valence electrons. The van der Waals surface area contributed by atoms with E-state index in [0.717, 1.165) is 12.8 Å². The number of benzene rings is 5. The number of esters is 4. The van der Waals surface area contributed by atoms with Gasteiger partial charge in [-0.05, 0) is 74.0 Å². The highest BCUT2D eigenvalue weighted by Gasteiger charge is 2.52. The predicted octanol–water partition coefficient (Wildman–Crippen LogP) is 8.45. The Labute approximate surface area is 350 Å². The number of unbranched alkanes of at least 4 members (excludes halogenated alkanes) is 2. The molecule has 61 heavy (non-hydrogen) atoms. The van der Waals surface area contributed by atoms with Gasteiger partial charge in [-0.15, -0.1) is 0 Å².